The molecule has 0 saturated heterocycles. The maximum atomic E-state index is 11.9. The van der Waals surface area contributed by atoms with Gasteiger partial charge in [0, 0.05) is 0 Å². The number of hydrogen-bond donors (Lipinski definition) is 2. The number of rotatable bonds is 8. The van der Waals surface area contributed by atoms with Crippen LogP contribution in [0.4, 0.5) is 0 Å². The van der Waals surface area contributed by atoms with E-state index in [1.807, 2.05) is 0 Å². The number of carbonyl (C=O) groups is 1. The van der Waals surface area contributed by atoms with E-state index in [0.717, 1.165) is 0 Å². The molecule has 0 aliphatic carbocycles. The summed E-state index contributed by atoms with van der Waals surface area (Å²) < 4.78 is 6.53. The number of nitrogens with one attached hydrogen (secondary N) is 1. The Bertz CT molecular complexity index is 392. The fourth-order valence-electron chi connectivity index (χ4n) is 1.55. The van der Waals surface area contributed by atoms with Gasteiger partial charge in [0.1, 0.15) is 5.69 Å². The van der Waals surface area contributed by atoms with E-state index in [2.05, 4.69) is 29.5 Å². The molecule has 19 heavy (non-hydrogen) atoms. The Hall–Kier alpha value is -1.47. The maximum absolute atomic E-state index is 11.9. The van der Waals surface area contributed by atoms with Gasteiger partial charge in [-0.1, -0.05) is 19.1 Å². The molecular formula is C12H22N4O3. The average molecular weight is 270 g/mol. The maximum Gasteiger partial charge on any atom is 0.329 e. The normalized spacial score (nSPS) is 12.7. The zero-order chi connectivity index (χ0) is 14.3. The number of aromatic nitrogens is 3. The predicted molar refractivity (Wildman–Crippen MR) is 69.3 cm³/mol. The van der Waals surface area contributed by atoms with E-state index < -0.39 is 6.04 Å². The summed E-state index contributed by atoms with van der Waals surface area (Å²) in [6.07, 6.45) is 1.64. The summed E-state index contributed by atoms with van der Waals surface area (Å²) in [5, 5.41) is 19.8. The molecule has 0 saturated carbocycles. The first-order valence-corrected chi connectivity index (χ1v) is 6.49. The van der Waals surface area contributed by atoms with Crippen molar-refractivity contribution in [2.45, 2.75) is 33.4 Å². The van der Waals surface area contributed by atoms with E-state index in [-0.39, 0.29) is 12.6 Å². The number of nitrogens with zero attached hydrogens (tertiary/aromatic N) is 3. The molecule has 1 aromatic rings. The van der Waals surface area contributed by atoms with Gasteiger partial charge in [-0.2, -0.15) is 0 Å². The first-order chi connectivity index (χ1) is 9.08. The Morgan fingerprint density at radius 2 is 2.32 bits per heavy atom. The number of esters is 1. The second-order valence-electron chi connectivity index (χ2n) is 4.62. The number of aliphatic hydroxyl groups is 1. The van der Waals surface area contributed by atoms with Crippen LogP contribution in [0.25, 0.3) is 0 Å². The van der Waals surface area contributed by atoms with Crippen LogP contribution in [0, 0.1) is 5.92 Å². The molecule has 1 atom stereocenters. The van der Waals surface area contributed by atoms with Gasteiger partial charge in [-0.05, 0) is 19.4 Å². The highest BCUT2D eigenvalue weighted by atomic mass is 16.5. The summed E-state index contributed by atoms with van der Waals surface area (Å²) >= 11 is 0. The molecular weight excluding hydrogens is 248 g/mol. The minimum absolute atomic E-state index is 0.0215. The number of carbonyl (C=O) groups excluding carboxylic acids is 1. The van der Waals surface area contributed by atoms with Crippen molar-refractivity contribution in [2.75, 3.05) is 19.8 Å². The highest BCUT2D eigenvalue weighted by Gasteiger charge is 2.24. The second kappa shape index (κ2) is 7.85. The summed E-state index contributed by atoms with van der Waals surface area (Å²) in [5.41, 5.74) is 0.507. The van der Waals surface area contributed by atoms with Crippen LogP contribution in [0.2, 0.25) is 0 Å². The monoisotopic (exact) mass is 270 g/mol. The Morgan fingerprint density at radius 1 is 1.58 bits per heavy atom. The van der Waals surface area contributed by atoms with Crippen LogP contribution in [0.3, 0.4) is 0 Å². The standard InChI is InChI=1S/C12H22N4O3/c1-4-19-12(18)11(13-7-9(2)3)10-8-16(5-6-17)15-14-10/h8-9,11,13,17H,4-7H2,1-3H3. The van der Waals surface area contributed by atoms with Crippen LogP contribution in [0.5, 0.6) is 0 Å². The average Bonchev–Trinajstić information content (AvgIpc) is 2.78. The van der Waals surface area contributed by atoms with Crippen molar-refractivity contribution in [1.82, 2.24) is 20.3 Å². The van der Waals surface area contributed by atoms with Gasteiger partial charge in [-0.15, -0.1) is 5.10 Å². The molecule has 108 valence electrons. The molecule has 0 fully saturated rings. The molecule has 1 rings (SSSR count). The highest BCUT2D eigenvalue weighted by Crippen LogP contribution is 2.12. The third kappa shape index (κ3) is 4.96. The van der Waals surface area contributed by atoms with E-state index in [1.54, 1.807) is 13.1 Å². The summed E-state index contributed by atoms with van der Waals surface area (Å²) in [6.45, 7) is 7.20. The van der Waals surface area contributed by atoms with Gasteiger partial charge in [0.15, 0.2) is 6.04 Å². The van der Waals surface area contributed by atoms with Crippen LogP contribution in [-0.4, -0.2) is 45.8 Å². The lowest BCUT2D eigenvalue weighted by Gasteiger charge is -2.16. The zero-order valence-corrected chi connectivity index (χ0v) is 11.7. The van der Waals surface area contributed by atoms with E-state index in [4.69, 9.17) is 9.84 Å². The molecule has 1 heterocycles. The van der Waals surface area contributed by atoms with Gasteiger partial charge >= 0.3 is 5.97 Å². The van der Waals surface area contributed by atoms with Crippen molar-refractivity contribution < 1.29 is 14.6 Å². The Labute approximate surface area is 112 Å². The van der Waals surface area contributed by atoms with Gasteiger partial charge < -0.3 is 9.84 Å². The van der Waals surface area contributed by atoms with Crippen molar-refractivity contribution in [3.05, 3.63) is 11.9 Å². The number of ether oxygens (including phenoxy) is 1. The van der Waals surface area contributed by atoms with Crippen molar-refractivity contribution in [2.24, 2.45) is 5.92 Å². The molecule has 0 aliphatic rings. The van der Waals surface area contributed by atoms with Crippen molar-refractivity contribution >= 4 is 5.97 Å². The van der Waals surface area contributed by atoms with Gasteiger partial charge in [-0.25, -0.2) is 9.48 Å². The van der Waals surface area contributed by atoms with Crippen molar-refractivity contribution in [3.8, 4) is 0 Å². The van der Waals surface area contributed by atoms with E-state index >= 15 is 0 Å². The van der Waals surface area contributed by atoms with Crippen molar-refractivity contribution in [1.29, 1.82) is 0 Å². The minimum atomic E-state index is -0.616. The molecule has 0 aliphatic heterocycles. The van der Waals surface area contributed by atoms with Gasteiger partial charge in [-0.3, -0.25) is 5.32 Å². The molecule has 2 N–H and O–H groups in total. The highest BCUT2D eigenvalue weighted by molar-refractivity contribution is 5.76. The third-order valence-electron chi connectivity index (χ3n) is 2.43. The quantitative estimate of drug-likeness (QED) is 0.652. The minimum Gasteiger partial charge on any atom is -0.465 e. The van der Waals surface area contributed by atoms with E-state index in [1.165, 1.54) is 4.68 Å². The molecule has 7 nitrogen and oxygen atoms in total. The first-order valence-electron chi connectivity index (χ1n) is 6.49. The molecule has 7 heteroatoms. The van der Waals surface area contributed by atoms with Crippen LogP contribution in [0.1, 0.15) is 32.5 Å². The molecule has 1 unspecified atom stereocenters. The molecule has 0 radical (unpaired) electrons. The summed E-state index contributed by atoms with van der Waals surface area (Å²) in [4.78, 5) is 11.9. The fraction of sp³-hybridized carbons (Fsp3) is 0.750. The molecule has 0 bridgehead atoms. The third-order valence-corrected chi connectivity index (χ3v) is 2.43. The zero-order valence-electron chi connectivity index (χ0n) is 11.7. The fourth-order valence-corrected chi connectivity index (χ4v) is 1.55. The van der Waals surface area contributed by atoms with Crippen LogP contribution in [-0.2, 0) is 16.1 Å². The van der Waals surface area contributed by atoms with Crippen LogP contribution >= 0.6 is 0 Å². The Balaban J connectivity index is 2.78. The Morgan fingerprint density at radius 3 is 2.89 bits per heavy atom. The lowest BCUT2D eigenvalue weighted by molar-refractivity contribution is -0.146. The van der Waals surface area contributed by atoms with E-state index in [0.29, 0.717) is 31.3 Å². The second-order valence-corrected chi connectivity index (χ2v) is 4.62. The Kier molecular flexibility index (Phi) is 6.44. The van der Waals surface area contributed by atoms with Gasteiger partial charge in [0.25, 0.3) is 0 Å². The van der Waals surface area contributed by atoms with Crippen LogP contribution < -0.4 is 5.32 Å². The number of hydrogen-bond acceptors (Lipinski definition) is 6. The van der Waals surface area contributed by atoms with Gasteiger partial charge in [0.05, 0.1) is 26.0 Å². The van der Waals surface area contributed by atoms with Crippen molar-refractivity contribution in [3.63, 3.8) is 0 Å². The number of aliphatic hydroxyl groups excluding tert-OH is 1. The topological polar surface area (TPSA) is 89.3 Å². The summed E-state index contributed by atoms with van der Waals surface area (Å²) in [6, 6.07) is -0.616. The molecule has 0 amide bonds. The largest absolute Gasteiger partial charge is 0.465 e. The molecule has 0 aromatic carbocycles. The predicted octanol–water partition coefficient (Wildman–Crippen LogP) is 0.120. The first kappa shape index (κ1) is 15.6. The molecule has 1 aromatic heterocycles. The smallest absolute Gasteiger partial charge is 0.329 e. The SMILES string of the molecule is CCOC(=O)C(NCC(C)C)c1cn(CCO)nn1. The van der Waals surface area contributed by atoms with E-state index in [9.17, 15) is 4.79 Å². The molecule has 0 spiro atoms. The lowest BCUT2D eigenvalue weighted by atomic mass is 10.1. The summed E-state index contributed by atoms with van der Waals surface area (Å²) in [5.74, 6) is 0.0450. The lowest BCUT2D eigenvalue weighted by Crippen LogP contribution is -2.33. The summed E-state index contributed by atoms with van der Waals surface area (Å²) in [7, 11) is 0. The van der Waals surface area contributed by atoms with Gasteiger partial charge in [0.2, 0.25) is 0 Å². The van der Waals surface area contributed by atoms with Crippen LogP contribution in [0.15, 0.2) is 6.20 Å².